The zero-order valence-electron chi connectivity index (χ0n) is 13.2. The van der Waals surface area contributed by atoms with Crippen LogP contribution in [0.15, 0.2) is 0 Å². The van der Waals surface area contributed by atoms with Crippen LogP contribution in [0.1, 0.15) is 76.2 Å². The van der Waals surface area contributed by atoms with Gasteiger partial charge in [0.25, 0.3) is 0 Å². The van der Waals surface area contributed by atoms with Gasteiger partial charge in [0.2, 0.25) is 0 Å². The smallest absolute Gasteiger partial charge is 0.0396 e. The molecule has 96 valence electrons. The van der Waals surface area contributed by atoms with Crippen molar-refractivity contribution in [2.75, 3.05) is 0 Å². The number of rotatable bonds is 2. The van der Waals surface area contributed by atoms with Gasteiger partial charge in [-0.05, 0) is 23.2 Å². The van der Waals surface area contributed by atoms with Gasteiger partial charge < -0.3 is 0 Å². The minimum absolute atomic E-state index is 0.500. The zero-order chi connectivity index (χ0) is 13.2. The van der Waals surface area contributed by atoms with Crippen LogP contribution in [0.3, 0.4) is 0 Å². The topological polar surface area (TPSA) is 0 Å². The lowest BCUT2D eigenvalue weighted by atomic mass is 9.88. The van der Waals surface area contributed by atoms with E-state index in [2.05, 4.69) is 62.3 Å². The predicted molar refractivity (Wildman–Crippen MR) is 75.3 cm³/mol. The normalized spacial score (nSPS) is 10.8. The average Bonchev–Trinajstić information content (AvgIpc) is 2.03. The van der Waals surface area contributed by atoms with Crippen molar-refractivity contribution in [3.63, 3.8) is 0 Å². The van der Waals surface area contributed by atoms with E-state index in [0.29, 0.717) is 5.41 Å². The minimum atomic E-state index is 0.500. The first-order valence-electron chi connectivity index (χ1n) is 6.55. The predicted octanol–water partition coefficient (Wildman–Crippen LogP) is 6.01. The van der Waals surface area contributed by atoms with Gasteiger partial charge in [0.15, 0.2) is 0 Å². The summed E-state index contributed by atoms with van der Waals surface area (Å²) in [6.07, 6.45) is 0. The van der Waals surface area contributed by atoms with E-state index in [4.69, 9.17) is 0 Å². The van der Waals surface area contributed by atoms with Crippen molar-refractivity contribution in [1.29, 1.82) is 0 Å². The van der Waals surface area contributed by atoms with Gasteiger partial charge in [-0.1, -0.05) is 76.2 Å². The molecule has 0 nitrogen and oxygen atoms in total. The van der Waals surface area contributed by atoms with Gasteiger partial charge in [-0.25, -0.2) is 0 Å². The summed E-state index contributed by atoms with van der Waals surface area (Å²) >= 11 is 0. The quantitative estimate of drug-likeness (QED) is 0.530. The fraction of sp³-hybridized carbons (Fsp3) is 1.00. The van der Waals surface area contributed by atoms with Crippen LogP contribution in [-0.4, -0.2) is 0 Å². The van der Waals surface area contributed by atoms with Gasteiger partial charge in [0.05, 0.1) is 0 Å². The van der Waals surface area contributed by atoms with E-state index >= 15 is 0 Å². The molecule has 0 aliphatic rings. The van der Waals surface area contributed by atoms with Gasteiger partial charge in [0, 0.05) is 0 Å². The van der Waals surface area contributed by atoms with Crippen LogP contribution in [0.5, 0.6) is 0 Å². The maximum atomic E-state index is 2.31. The van der Waals surface area contributed by atoms with Gasteiger partial charge in [-0.15, -0.1) is 0 Å². The minimum Gasteiger partial charge on any atom is -0.0683 e. The summed E-state index contributed by atoms with van der Waals surface area (Å²) in [7, 11) is 0. The summed E-state index contributed by atoms with van der Waals surface area (Å²) in [5, 5.41) is 0. The molecule has 0 aliphatic carbocycles. The van der Waals surface area contributed by atoms with E-state index in [1.54, 1.807) is 0 Å². The summed E-state index contributed by atoms with van der Waals surface area (Å²) in [4.78, 5) is 0. The summed E-state index contributed by atoms with van der Waals surface area (Å²) < 4.78 is 0. The van der Waals surface area contributed by atoms with Gasteiger partial charge in [0.1, 0.15) is 0 Å². The average molecular weight is 216 g/mol. The highest BCUT2D eigenvalue weighted by atomic mass is 14.2. The van der Waals surface area contributed by atoms with Crippen LogP contribution in [0.4, 0.5) is 0 Å². The largest absolute Gasteiger partial charge is 0.0683 e. The lowest BCUT2D eigenvalue weighted by Gasteiger charge is -2.18. The van der Waals surface area contributed by atoms with Gasteiger partial charge >= 0.3 is 0 Å². The maximum absolute atomic E-state index is 2.31. The summed E-state index contributed by atoms with van der Waals surface area (Å²) in [5.41, 5.74) is 0.500. The SMILES string of the molecule is CC.CC(C)(C)C.CC(C)C(C)C(C)C. The fourth-order valence-corrected chi connectivity index (χ4v) is 0.770. The standard InChI is InChI=1S/C8H18.C5H12.C2H6/c1-6(2)8(5)7(3)4;1-5(2,3)4;1-2/h6-8H,1-5H3;1-4H3;1-2H3. The Balaban J connectivity index is -0.000000177. The Labute approximate surface area is 99.9 Å². The van der Waals surface area contributed by atoms with Crippen molar-refractivity contribution in [2.24, 2.45) is 23.2 Å². The Hall–Kier alpha value is 0. The highest BCUT2D eigenvalue weighted by Gasteiger charge is 2.09. The molecule has 0 aromatic rings. The molecule has 0 heterocycles. The second kappa shape index (κ2) is 10.5. The van der Waals surface area contributed by atoms with Gasteiger partial charge in [-0.2, -0.15) is 0 Å². The molecule has 0 aliphatic heterocycles. The number of hydrogen-bond acceptors (Lipinski definition) is 0. The highest BCUT2D eigenvalue weighted by molar-refractivity contribution is 4.59. The van der Waals surface area contributed by atoms with Crippen LogP contribution in [0.25, 0.3) is 0 Å². The first-order valence-corrected chi connectivity index (χ1v) is 6.55. The van der Waals surface area contributed by atoms with Crippen LogP contribution < -0.4 is 0 Å². The maximum Gasteiger partial charge on any atom is -0.0396 e. The zero-order valence-corrected chi connectivity index (χ0v) is 13.2. The second-order valence-corrected chi connectivity index (χ2v) is 6.35. The molecule has 0 amide bonds. The summed E-state index contributed by atoms with van der Waals surface area (Å²) in [5.74, 6) is 2.56. The molecule has 0 fully saturated rings. The Morgan fingerprint density at radius 2 is 0.733 bits per heavy atom. The Morgan fingerprint density at radius 3 is 0.733 bits per heavy atom. The van der Waals surface area contributed by atoms with Gasteiger partial charge in [-0.3, -0.25) is 0 Å². The molecule has 0 aromatic heterocycles. The molecule has 0 unspecified atom stereocenters. The van der Waals surface area contributed by atoms with E-state index in [9.17, 15) is 0 Å². The molecule has 0 rings (SSSR count). The third kappa shape index (κ3) is 31.5. The molecule has 0 N–H and O–H groups in total. The molecule has 0 radical (unpaired) electrons. The van der Waals surface area contributed by atoms with E-state index in [1.165, 1.54) is 0 Å². The lowest BCUT2D eigenvalue weighted by Crippen LogP contribution is -2.10. The van der Waals surface area contributed by atoms with Crippen LogP contribution in [0.2, 0.25) is 0 Å². The third-order valence-corrected chi connectivity index (χ3v) is 2.10. The molecule has 0 aromatic carbocycles. The van der Waals surface area contributed by atoms with Crippen molar-refractivity contribution in [2.45, 2.75) is 76.2 Å². The van der Waals surface area contributed by atoms with Crippen molar-refractivity contribution in [3.8, 4) is 0 Å². The molecule has 0 spiro atoms. The molecule has 15 heavy (non-hydrogen) atoms. The summed E-state index contributed by atoms with van der Waals surface area (Å²) in [6.45, 7) is 24.2. The van der Waals surface area contributed by atoms with Crippen LogP contribution >= 0.6 is 0 Å². The Kier molecular flexibility index (Phi) is 14.3. The highest BCUT2D eigenvalue weighted by Crippen LogP contribution is 2.18. The van der Waals surface area contributed by atoms with Crippen molar-refractivity contribution < 1.29 is 0 Å². The van der Waals surface area contributed by atoms with E-state index < -0.39 is 0 Å². The van der Waals surface area contributed by atoms with Crippen molar-refractivity contribution >= 4 is 0 Å². The third-order valence-electron chi connectivity index (χ3n) is 2.10. The second-order valence-electron chi connectivity index (χ2n) is 6.35. The molecule has 0 saturated carbocycles. The van der Waals surface area contributed by atoms with Crippen LogP contribution in [-0.2, 0) is 0 Å². The molecular weight excluding hydrogens is 180 g/mol. The Morgan fingerprint density at radius 1 is 0.600 bits per heavy atom. The molecule has 0 bridgehead atoms. The Bertz CT molecular complexity index is 89.7. The molecule has 0 atom stereocenters. The number of hydrogen-bond donors (Lipinski definition) is 0. The van der Waals surface area contributed by atoms with Crippen LogP contribution in [0, 0.1) is 23.2 Å². The van der Waals surface area contributed by atoms with Crippen molar-refractivity contribution in [3.05, 3.63) is 0 Å². The first-order chi connectivity index (χ1) is 6.55. The molecule has 0 saturated heterocycles. The lowest BCUT2D eigenvalue weighted by molar-refractivity contribution is 0.316. The van der Waals surface area contributed by atoms with E-state index in [1.807, 2.05) is 13.8 Å². The molecule has 0 heteroatoms. The summed E-state index contributed by atoms with van der Waals surface area (Å²) in [6, 6.07) is 0. The van der Waals surface area contributed by atoms with Crippen molar-refractivity contribution in [1.82, 2.24) is 0 Å². The van der Waals surface area contributed by atoms with E-state index in [0.717, 1.165) is 17.8 Å². The molecular formula is C15H36. The monoisotopic (exact) mass is 216 g/mol. The first kappa shape index (κ1) is 20.4. The van der Waals surface area contributed by atoms with E-state index in [-0.39, 0.29) is 0 Å². The fourth-order valence-electron chi connectivity index (χ4n) is 0.770.